The van der Waals surface area contributed by atoms with Crippen LogP contribution in [0, 0.1) is 0 Å². The molecule has 2 aromatic carbocycles. The summed E-state index contributed by atoms with van der Waals surface area (Å²) in [6.07, 6.45) is 1.64. The van der Waals surface area contributed by atoms with Gasteiger partial charge in [-0.1, -0.05) is 58.4 Å². The van der Waals surface area contributed by atoms with Gasteiger partial charge in [-0.25, -0.2) is 4.79 Å². The molecule has 0 radical (unpaired) electrons. The van der Waals surface area contributed by atoms with E-state index < -0.39 is 17.4 Å². The minimum atomic E-state index is -1.31. The molecule has 0 saturated heterocycles. The number of carbonyl (C=O) groups excluding carboxylic acids is 2. The number of ether oxygens (including phenoxy) is 1. The first-order valence-corrected chi connectivity index (χ1v) is 8.56. The zero-order valence-corrected chi connectivity index (χ0v) is 15.7. The van der Waals surface area contributed by atoms with Crippen molar-refractivity contribution >= 4 is 27.8 Å². The van der Waals surface area contributed by atoms with Gasteiger partial charge in [0, 0.05) is 16.0 Å². The molecule has 2 rings (SSSR count). The molecule has 0 bridgehead atoms. The lowest BCUT2D eigenvalue weighted by Gasteiger charge is -2.35. The Kier molecular flexibility index (Phi) is 6.15. The Bertz CT molecular complexity index is 776. The van der Waals surface area contributed by atoms with Crippen LogP contribution in [0.4, 0.5) is 0 Å². The Morgan fingerprint density at radius 2 is 1.76 bits per heavy atom. The van der Waals surface area contributed by atoms with Gasteiger partial charge in [-0.05, 0) is 30.7 Å². The number of carbonyl (C=O) groups is 2. The van der Waals surface area contributed by atoms with E-state index in [1.54, 1.807) is 37.3 Å². The van der Waals surface area contributed by atoms with E-state index in [1.165, 1.54) is 7.11 Å². The predicted octanol–water partition coefficient (Wildman–Crippen LogP) is 4.08. The topological polar surface area (TPSA) is 55.4 Å². The van der Waals surface area contributed by atoms with E-state index in [0.717, 1.165) is 10.0 Å². The summed E-state index contributed by atoms with van der Waals surface area (Å²) >= 11 is 3.50. The van der Waals surface area contributed by atoms with Crippen LogP contribution < -0.4 is 5.32 Å². The maximum atomic E-state index is 12.7. The van der Waals surface area contributed by atoms with E-state index in [9.17, 15) is 9.59 Å². The normalized spacial score (nSPS) is 14.0. The number of benzene rings is 2. The van der Waals surface area contributed by atoms with E-state index in [2.05, 4.69) is 27.8 Å². The molecule has 130 valence electrons. The highest BCUT2D eigenvalue weighted by Gasteiger charge is 2.44. The van der Waals surface area contributed by atoms with Gasteiger partial charge < -0.3 is 10.1 Å². The van der Waals surface area contributed by atoms with Gasteiger partial charge in [0.2, 0.25) is 0 Å². The third-order valence-electron chi connectivity index (χ3n) is 4.12. The van der Waals surface area contributed by atoms with Crippen LogP contribution >= 0.6 is 15.9 Å². The fraction of sp³-hybridized carbons (Fsp3) is 0.200. The average molecular weight is 402 g/mol. The van der Waals surface area contributed by atoms with Gasteiger partial charge in [0.1, 0.15) is 5.54 Å². The van der Waals surface area contributed by atoms with Crippen molar-refractivity contribution in [2.24, 2.45) is 0 Å². The predicted molar refractivity (Wildman–Crippen MR) is 101 cm³/mol. The van der Waals surface area contributed by atoms with Gasteiger partial charge in [-0.15, -0.1) is 6.58 Å². The van der Waals surface area contributed by atoms with E-state index in [4.69, 9.17) is 4.74 Å². The highest BCUT2D eigenvalue weighted by molar-refractivity contribution is 9.10. The molecule has 2 atom stereocenters. The minimum Gasteiger partial charge on any atom is -0.467 e. The van der Waals surface area contributed by atoms with Crippen molar-refractivity contribution in [2.75, 3.05) is 7.11 Å². The molecule has 1 N–H and O–H groups in total. The second-order valence-electron chi connectivity index (χ2n) is 5.75. The lowest BCUT2D eigenvalue weighted by molar-refractivity contribution is -0.148. The van der Waals surface area contributed by atoms with Crippen molar-refractivity contribution in [3.8, 4) is 0 Å². The van der Waals surface area contributed by atoms with Crippen molar-refractivity contribution in [3.05, 3.63) is 82.9 Å². The first kappa shape index (κ1) is 18.9. The van der Waals surface area contributed by atoms with Gasteiger partial charge >= 0.3 is 5.97 Å². The number of methoxy groups -OCH3 is 1. The van der Waals surface area contributed by atoms with Crippen molar-refractivity contribution in [1.82, 2.24) is 5.32 Å². The van der Waals surface area contributed by atoms with Gasteiger partial charge in [0.15, 0.2) is 0 Å². The molecular weight excluding hydrogens is 382 g/mol. The summed E-state index contributed by atoms with van der Waals surface area (Å²) in [5.41, 5.74) is -0.0147. The smallest absolute Gasteiger partial charge is 0.332 e. The molecule has 2 aromatic rings. The van der Waals surface area contributed by atoms with Crippen LogP contribution in [0.5, 0.6) is 0 Å². The molecule has 5 heteroatoms. The standard InChI is InChI=1S/C20H20BrNO3/c1-4-16(15-12-8-9-13-17(15)21)20(2,19(24)25-3)22-18(23)14-10-6-5-7-11-14/h4-13,16H,1H2,2-3H3,(H,22,23)/t16-,20+/m0/s1. The highest BCUT2D eigenvalue weighted by Crippen LogP contribution is 2.35. The maximum Gasteiger partial charge on any atom is 0.332 e. The summed E-state index contributed by atoms with van der Waals surface area (Å²) in [6, 6.07) is 16.2. The SMILES string of the molecule is C=C[C@@H](c1ccccc1Br)[C@@](C)(NC(=O)c1ccccc1)C(=O)OC. The number of halogens is 1. The van der Waals surface area contributed by atoms with E-state index >= 15 is 0 Å². The second-order valence-corrected chi connectivity index (χ2v) is 6.60. The summed E-state index contributed by atoms with van der Waals surface area (Å²) in [7, 11) is 1.30. The Balaban J connectivity index is 2.46. The maximum absolute atomic E-state index is 12.7. The fourth-order valence-corrected chi connectivity index (χ4v) is 3.30. The van der Waals surface area contributed by atoms with Gasteiger partial charge in [-0.2, -0.15) is 0 Å². The van der Waals surface area contributed by atoms with Crippen molar-refractivity contribution in [3.63, 3.8) is 0 Å². The molecule has 1 amide bonds. The summed E-state index contributed by atoms with van der Waals surface area (Å²) < 4.78 is 5.80. The second kappa shape index (κ2) is 8.12. The number of hydrogen-bond donors (Lipinski definition) is 1. The summed E-state index contributed by atoms with van der Waals surface area (Å²) in [4.78, 5) is 25.2. The molecule has 25 heavy (non-hydrogen) atoms. The van der Waals surface area contributed by atoms with E-state index in [1.807, 2.05) is 30.3 Å². The van der Waals surface area contributed by atoms with Crippen LogP contribution in [0.1, 0.15) is 28.8 Å². The molecule has 0 aliphatic rings. The number of esters is 1. The molecule has 0 saturated carbocycles. The van der Waals surface area contributed by atoms with Crippen LogP contribution in [0.25, 0.3) is 0 Å². The zero-order valence-electron chi connectivity index (χ0n) is 14.2. The Hall–Kier alpha value is -2.40. The Labute approximate surface area is 156 Å². The number of hydrogen-bond acceptors (Lipinski definition) is 3. The lowest BCUT2D eigenvalue weighted by atomic mass is 9.80. The quantitative estimate of drug-likeness (QED) is 0.585. The first-order chi connectivity index (χ1) is 11.9. The molecule has 4 nitrogen and oxygen atoms in total. The fourth-order valence-electron chi connectivity index (χ4n) is 2.77. The van der Waals surface area contributed by atoms with Crippen molar-refractivity contribution in [2.45, 2.75) is 18.4 Å². The molecular formula is C20H20BrNO3. The van der Waals surface area contributed by atoms with Crippen LogP contribution in [0.2, 0.25) is 0 Å². The van der Waals surface area contributed by atoms with Crippen molar-refractivity contribution in [1.29, 1.82) is 0 Å². The monoisotopic (exact) mass is 401 g/mol. The van der Waals surface area contributed by atoms with Crippen molar-refractivity contribution < 1.29 is 14.3 Å². The van der Waals surface area contributed by atoms with Gasteiger partial charge in [0.05, 0.1) is 7.11 Å². The number of rotatable bonds is 6. The molecule has 0 fully saturated rings. The third kappa shape index (κ3) is 3.99. The molecule has 0 spiro atoms. The molecule has 0 heterocycles. The lowest BCUT2D eigenvalue weighted by Crippen LogP contribution is -2.56. The number of nitrogens with one attached hydrogen (secondary N) is 1. The molecule has 0 aromatic heterocycles. The molecule has 0 aliphatic carbocycles. The van der Waals surface area contributed by atoms with E-state index in [0.29, 0.717) is 5.56 Å². The third-order valence-corrected chi connectivity index (χ3v) is 4.84. The first-order valence-electron chi connectivity index (χ1n) is 7.77. The number of amides is 1. The summed E-state index contributed by atoms with van der Waals surface area (Å²) in [6.45, 7) is 5.51. The van der Waals surface area contributed by atoms with Gasteiger partial charge in [0.25, 0.3) is 5.91 Å². The van der Waals surface area contributed by atoms with Gasteiger partial charge in [-0.3, -0.25) is 4.79 Å². The molecule has 0 unspecified atom stereocenters. The summed E-state index contributed by atoms with van der Waals surface area (Å²) in [5, 5.41) is 2.83. The van der Waals surface area contributed by atoms with Crippen LogP contribution in [-0.2, 0) is 9.53 Å². The largest absolute Gasteiger partial charge is 0.467 e. The van der Waals surface area contributed by atoms with Crippen LogP contribution in [0.3, 0.4) is 0 Å². The minimum absolute atomic E-state index is 0.354. The molecule has 0 aliphatic heterocycles. The van der Waals surface area contributed by atoms with Crippen LogP contribution in [-0.4, -0.2) is 24.5 Å². The Morgan fingerprint density at radius 3 is 2.32 bits per heavy atom. The average Bonchev–Trinajstić information content (AvgIpc) is 2.63. The van der Waals surface area contributed by atoms with E-state index in [-0.39, 0.29) is 5.91 Å². The zero-order chi connectivity index (χ0) is 18.4. The Morgan fingerprint density at radius 1 is 1.16 bits per heavy atom. The summed E-state index contributed by atoms with van der Waals surface area (Å²) in [5.74, 6) is -1.38. The highest BCUT2D eigenvalue weighted by atomic mass is 79.9. The van der Waals surface area contributed by atoms with Crippen LogP contribution in [0.15, 0.2) is 71.7 Å².